The Kier molecular flexibility index (Phi) is 5.80. The van der Waals surface area contributed by atoms with Crippen LogP contribution in [0.2, 0.25) is 0 Å². The molecular formula is C15H19BrN2O4S. The van der Waals surface area contributed by atoms with Crippen LogP contribution in [0.25, 0.3) is 0 Å². The average Bonchev–Trinajstić information content (AvgIpc) is 2.83. The number of rotatable bonds is 5. The van der Waals surface area contributed by atoms with Crippen molar-refractivity contribution in [2.75, 3.05) is 24.6 Å². The van der Waals surface area contributed by atoms with Crippen molar-refractivity contribution in [2.24, 2.45) is 0 Å². The van der Waals surface area contributed by atoms with Crippen LogP contribution in [0.1, 0.15) is 23.7 Å². The van der Waals surface area contributed by atoms with Gasteiger partial charge in [-0.25, -0.2) is 8.42 Å². The maximum Gasteiger partial charge on any atom is 0.255 e. The van der Waals surface area contributed by atoms with E-state index < -0.39 is 9.84 Å². The van der Waals surface area contributed by atoms with Crippen molar-refractivity contribution in [2.45, 2.75) is 19.4 Å². The number of carbonyl (C=O) groups excluding carboxylic acids is 2. The Balaban J connectivity index is 1.98. The number of halogens is 1. The number of sulfone groups is 1. The number of nitrogens with zero attached hydrogens (tertiary/aromatic N) is 1. The van der Waals surface area contributed by atoms with Crippen LogP contribution >= 0.6 is 15.9 Å². The molecule has 1 heterocycles. The van der Waals surface area contributed by atoms with Crippen molar-refractivity contribution >= 4 is 37.6 Å². The van der Waals surface area contributed by atoms with Crippen LogP contribution in [0, 0.1) is 0 Å². The van der Waals surface area contributed by atoms with E-state index in [1.807, 2.05) is 6.07 Å². The third-order valence-corrected chi connectivity index (χ3v) is 6.16. The first-order chi connectivity index (χ1) is 10.8. The van der Waals surface area contributed by atoms with Gasteiger partial charge < -0.3 is 10.2 Å². The van der Waals surface area contributed by atoms with E-state index in [0.717, 1.165) is 0 Å². The average molecular weight is 403 g/mol. The molecule has 2 amide bonds. The summed E-state index contributed by atoms with van der Waals surface area (Å²) in [6.07, 6.45) is 0.429. The zero-order chi connectivity index (χ0) is 17.0. The monoisotopic (exact) mass is 402 g/mol. The van der Waals surface area contributed by atoms with Gasteiger partial charge in [-0.15, -0.1) is 0 Å². The molecule has 1 aliphatic rings. The fourth-order valence-electron chi connectivity index (χ4n) is 2.49. The third kappa shape index (κ3) is 4.78. The van der Waals surface area contributed by atoms with Gasteiger partial charge in [-0.3, -0.25) is 9.59 Å². The highest BCUT2D eigenvalue weighted by molar-refractivity contribution is 9.10. The Morgan fingerprint density at radius 2 is 2.04 bits per heavy atom. The quantitative estimate of drug-likeness (QED) is 0.802. The Hall–Kier alpha value is -1.41. The van der Waals surface area contributed by atoms with E-state index >= 15 is 0 Å². The molecule has 0 unspecified atom stereocenters. The number of benzene rings is 1. The topological polar surface area (TPSA) is 83.6 Å². The Labute approximate surface area is 144 Å². The molecule has 1 aromatic carbocycles. The summed E-state index contributed by atoms with van der Waals surface area (Å²) in [7, 11) is -3.04. The standard InChI is InChI=1S/C15H19BrN2O4S/c1-2-18(15(20)12-5-3-4-6-13(12)16)9-14(19)17-11-7-8-23(21,22)10-11/h3-6,11H,2,7-10H2,1H3,(H,17,19)/t11-/m1/s1. The summed E-state index contributed by atoms with van der Waals surface area (Å²) < 4.78 is 23.5. The lowest BCUT2D eigenvalue weighted by molar-refractivity contribution is -0.122. The molecule has 23 heavy (non-hydrogen) atoms. The van der Waals surface area contributed by atoms with E-state index in [1.165, 1.54) is 4.90 Å². The Morgan fingerprint density at radius 3 is 2.61 bits per heavy atom. The highest BCUT2D eigenvalue weighted by Crippen LogP contribution is 2.18. The largest absolute Gasteiger partial charge is 0.351 e. The first kappa shape index (κ1) is 17.9. The number of hydrogen-bond donors (Lipinski definition) is 1. The molecule has 1 N–H and O–H groups in total. The van der Waals surface area contributed by atoms with E-state index in [9.17, 15) is 18.0 Å². The molecule has 0 spiro atoms. The third-order valence-electron chi connectivity index (χ3n) is 3.71. The summed E-state index contributed by atoms with van der Waals surface area (Å²) >= 11 is 3.33. The van der Waals surface area contributed by atoms with E-state index in [4.69, 9.17) is 0 Å². The molecule has 1 aliphatic heterocycles. The van der Waals surface area contributed by atoms with Gasteiger partial charge in [0.05, 0.1) is 23.6 Å². The number of carbonyl (C=O) groups is 2. The number of hydrogen-bond acceptors (Lipinski definition) is 4. The molecule has 126 valence electrons. The summed E-state index contributed by atoms with van der Waals surface area (Å²) in [5.41, 5.74) is 0.491. The van der Waals surface area contributed by atoms with Gasteiger partial charge in [0.15, 0.2) is 9.84 Å². The van der Waals surface area contributed by atoms with Crippen molar-refractivity contribution in [3.63, 3.8) is 0 Å². The van der Waals surface area contributed by atoms with Crippen LogP contribution in [0.15, 0.2) is 28.7 Å². The highest BCUT2D eigenvalue weighted by Gasteiger charge is 2.29. The van der Waals surface area contributed by atoms with Gasteiger partial charge in [-0.2, -0.15) is 0 Å². The van der Waals surface area contributed by atoms with E-state index in [1.54, 1.807) is 25.1 Å². The predicted molar refractivity (Wildman–Crippen MR) is 90.9 cm³/mol. The van der Waals surface area contributed by atoms with Gasteiger partial charge >= 0.3 is 0 Å². The van der Waals surface area contributed by atoms with Crippen molar-refractivity contribution in [1.29, 1.82) is 0 Å². The minimum Gasteiger partial charge on any atom is -0.351 e. The fraction of sp³-hybridized carbons (Fsp3) is 0.467. The maximum absolute atomic E-state index is 12.5. The molecule has 0 bridgehead atoms. The van der Waals surface area contributed by atoms with Crippen LogP contribution < -0.4 is 5.32 Å². The molecule has 8 heteroatoms. The van der Waals surface area contributed by atoms with Crippen molar-refractivity contribution < 1.29 is 18.0 Å². The van der Waals surface area contributed by atoms with E-state index in [0.29, 0.717) is 23.0 Å². The van der Waals surface area contributed by atoms with Gasteiger partial charge in [-0.05, 0) is 41.4 Å². The molecule has 0 aromatic heterocycles. The highest BCUT2D eigenvalue weighted by atomic mass is 79.9. The normalized spacial score (nSPS) is 19.3. The zero-order valence-electron chi connectivity index (χ0n) is 12.8. The van der Waals surface area contributed by atoms with Crippen molar-refractivity contribution in [3.8, 4) is 0 Å². The Morgan fingerprint density at radius 1 is 1.35 bits per heavy atom. The summed E-state index contributed by atoms with van der Waals surface area (Å²) in [6.45, 7) is 2.09. The molecule has 6 nitrogen and oxygen atoms in total. The summed E-state index contributed by atoms with van der Waals surface area (Å²) in [4.78, 5) is 26.0. The zero-order valence-corrected chi connectivity index (χ0v) is 15.2. The molecule has 1 atom stereocenters. The lowest BCUT2D eigenvalue weighted by Crippen LogP contribution is -2.44. The molecule has 0 aliphatic carbocycles. The summed E-state index contributed by atoms with van der Waals surface area (Å²) in [6, 6.07) is 6.67. The lowest BCUT2D eigenvalue weighted by Gasteiger charge is -2.22. The fourth-order valence-corrected chi connectivity index (χ4v) is 4.62. The van der Waals surface area contributed by atoms with Crippen LogP contribution in [-0.2, 0) is 14.6 Å². The lowest BCUT2D eigenvalue weighted by atomic mass is 10.2. The maximum atomic E-state index is 12.5. The van der Waals surface area contributed by atoms with Crippen LogP contribution in [0.3, 0.4) is 0 Å². The van der Waals surface area contributed by atoms with Crippen LogP contribution in [0.5, 0.6) is 0 Å². The molecule has 1 fully saturated rings. The second kappa shape index (κ2) is 7.44. The summed E-state index contributed by atoms with van der Waals surface area (Å²) in [5, 5.41) is 2.70. The number of likely N-dealkylation sites (N-methyl/N-ethyl adjacent to an activating group) is 1. The first-order valence-electron chi connectivity index (χ1n) is 7.36. The smallest absolute Gasteiger partial charge is 0.255 e. The Bertz CT molecular complexity index is 705. The number of nitrogens with one attached hydrogen (secondary N) is 1. The molecule has 2 rings (SSSR count). The van der Waals surface area contributed by atoms with Gasteiger partial charge in [0.25, 0.3) is 5.91 Å². The minimum atomic E-state index is -3.04. The second-order valence-corrected chi connectivity index (χ2v) is 8.55. The summed E-state index contributed by atoms with van der Waals surface area (Å²) in [5.74, 6) is -0.502. The molecule has 0 saturated carbocycles. The molecule has 1 aromatic rings. The van der Waals surface area contributed by atoms with Gasteiger partial charge in [-0.1, -0.05) is 12.1 Å². The van der Waals surface area contributed by atoms with Crippen molar-refractivity contribution in [3.05, 3.63) is 34.3 Å². The minimum absolute atomic E-state index is 0.0248. The van der Waals surface area contributed by atoms with Gasteiger partial charge in [0.2, 0.25) is 5.91 Å². The second-order valence-electron chi connectivity index (χ2n) is 5.47. The van der Waals surface area contributed by atoms with Gasteiger partial charge in [0.1, 0.15) is 0 Å². The van der Waals surface area contributed by atoms with Crippen LogP contribution in [-0.4, -0.2) is 55.8 Å². The van der Waals surface area contributed by atoms with Crippen molar-refractivity contribution in [1.82, 2.24) is 10.2 Å². The van der Waals surface area contributed by atoms with E-state index in [-0.39, 0.29) is 35.9 Å². The SMILES string of the molecule is CCN(CC(=O)N[C@@H]1CCS(=O)(=O)C1)C(=O)c1ccccc1Br. The van der Waals surface area contributed by atoms with Crippen LogP contribution in [0.4, 0.5) is 0 Å². The number of amides is 2. The molecule has 1 saturated heterocycles. The predicted octanol–water partition coefficient (Wildman–Crippen LogP) is 1.21. The first-order valence-corrected chi connectivity index (χ1v) is 9.97. The van der Waals surface area contributed by atoms with E-state index in [2.05, 4.69) is 21.2 Å². The molecular weight excluding hydrogens is 384 g/mol. The van der Waals surface area contributed by atoms with Gasteiger partial charge in [0, 0.05) is 17.1 Å². The molecule has 0 radical (unpaired) electrons.